The van der Waals surface area contributed by atoms with Crippen LogP contribution in [0.5, 0.6) is 5.75 Å². The maximum absolute atomic E-state index is 12.9. The maximum Gasteiger partial charge on any atom is 0.294 e. The summed E-state index contributed by atoms with van der Waals surface area (Å²) in [6.07, 6.45) is 9.73. The Hall–Kier alpha value is -5.86. The number of fused-ring (bicyclic) bond motifs is 3. The van der Waals surface area contributed by atoms with Crippen LogP contribution in [0.1, 0.15) is 95.8 Å². The Kier molecular flexibility index (Phi) is 14.6. The lowest BCUT2D eigenvalue weighted by atomic mass is 9.64. The molecule has 10 rings (SSSR count). The maximum atomic E-state index is 12.9. The summed E-state index contributed by atoms with van der Waals surface area (Å²) >= 11 is 0. The third-order valence-corrected chi connectivity index (χ3v) is 18.9. The van der Waals surface area contributed by atoms with Crippen molar-refractivity contribution in [3.05, 3.63) is 124 Å². The summed E-state index contributed by atoms with van der Waals surface area (Å²) in [4.78, 5) is 38.7. The van der Waals surface area contributed by atoms with Gasteiger partial charge in [-0.2, -0.15) is 38.2 Å². The molecular formula is C53H61N4O16S4+. The fourth-order valence-corrected chi connectivity index (χ4v) is 13.9. The largest absolute Gasteiger partial charge is 0.460 e. The number of allylic oxidation sites excluding steroid dienone is 5. The van der Waals surface area contributed by atoms with Crippen LogP contribution < -0.4 is 15.0 Å². The topological polar surface area (TPSA) is 299 Å². The molecule has 3 aromatic rings. The Morgan fingerprint density at radius 3 is 2.00 bits per heavy atom. The predicted octanol–water partition coefficient (Wildman–Crippen LogP) is 5.99. The quantitative estimate of drug-likeness (QED) is 0.0354. The fourth-order valence-electron chi connectivity index (χ4n) is 12.1. The monoisotopic (exact) mass is 1140 g/mol. The number of hydrogen-bond acceptors (Lipinski definition) is 13. The van der Waals surface area contributed by atoms with Crippen LogP contribution >= 0.6 is 0 Å². The first kappa shape index (κ1) is 55.9. The van der Waals surface area contributed by atoms with Gasteiger partial charge in [-0.15, -0.1) is 0 Å². The zero-order valence-corrected chi connectivity index (χ0v) is 46.1. The number of anilines is 1. The molecule has 412 valence electrons. The fraction of sp³-hybridized carbons (Fsp3) is 0.434. The van der Waals surface area contributed by atoms with Crippen LogP contribution in [0.25, 0.3) is 0 Å². The number of hydrogen-bond donors (Lipinski definition) is 5. The van der Waals surface area contributed by atoms with Crippen molar-refractivity contribution in [2.24, 2.45) is 11.3 Å². The normalized spacial score (nSPS) is 22.3. The Bertz CT molecular complexity index is 3640. The minimum atomic E-state index is -4.67. The molecule has 1 fully saturated rings. The highest BCUT2D eigenvalue weighted by Crippen LogP contribution is 2.73. The third kappa shape index (κ3) is 11.0. The Morgan fingerprint density at radius 2 is 1.36 bits per heavy atom. The van der Waals surface area contributed by atoms with Crippen molar-refractivity contribution in [1.82, 2.24) is 10.2 Å². The number of amides is 3. The molecule has 3 amide bonds. The summed E-state index contributed by atoms with van der Waals surface area (Å²) in [5, 5.41) is 2.95. The first-order valence-corrected chi connectivity index (χ1v) is 31.4. The lowest BCUT2D eigenvalue weighted by Gasteiger charge is -2.41. The number of aryl methyl sites for hydroxylation is 1. The molecule has 1 saturated carbocycles. The SMILES string of the molecule is CC1(C)C(=C2CC23C(Oc2ccc(CCC(=O)NCCCCCCN4C(=O)C=CC4=O)cc2)=C2CCC3C=C2C2=[N+](CCS(=O)(=O)O)c3ccc(S(=O)(=O)O)cc3C2(C)C)N(CCS(=O)(=O)O)c2ccc(S(=O)(=O)O)cc21. The van der Waals surface area contributed by atoms with Crippen molar-refractivity contribution in [3.8, 4) is 5.75 Å². The molecule has 7 aliphatic rings. The van der Waals surface area contributed by atoms with Gasteiger partial charge in [0.05, 0.1) is 26.4 Å². The summed E-state index contributed by atoms with van der Waals surface area (Å²) in [6.45, 7) is 7.82. The first-order chi connectivity index (χ1) is 35.9. The number of ether oxygens (including phenoxy) is 1. The van der Waals surface area contributed by atoms with Gasteiger partial charge in [-0.1, -0.05) is 44.9 Å². The number of benzene rings is 3. The van der Waals surface area contributed by atoms with Crippen LogP contribution in [0.4, 0.5) is 11.4 Å². The highest BCUT2D eigenvalue weighted by Gasteiger charge is 2.67. The summed E-state index contributed by atoms with van der Waals surface area (Å²) in [7, 11) is -18.3. The van der Waals surface area contributed by atoms with E-state index in [9.17, 15) is 66.3 Å². The van der Waals surface area contributed by atoms with Crippen LogP contribution in [0.3, 0.4) is 0 Å². The summed E-state index contributed by atoms with van der Waals surface area (Å²) in [6, 6.07) is 15.4. The van der Waals surface area contributed by atoms with Crippen molar-refractivity contribution in [2.45, 2.75) is 106 Å². The Morgan fingerprint density at radius 1 is 0.740 bits per heavy atom. The number of rotatable bonds is 21. The molecule has 2 bridgehead atoms. The van der Waals surface area contributed by atoms with Crippen molar-refractivity contribution < 1.29 is 75.6 Å². The second-order valence-electron chi connectivity index (χ2n) is 21.5. The first-order valence-electron chi connectivity index (χ1n) is 25.3. The van der Waals surface area contributed by atoms with Gasteiger partial charge in [-0.05, 0) is 117 Å². The standard InChI is InChI=1S/C53H60N4O16S4/c1-51(2)40-30-36(76(67,68)69)15-18-43(40)55(25-27-74(61,62)63)48(51)39-29-34-12-17-38(39)50(73-35-13-9-33(10-14-35)11-20-45(58)54-23-7-5-6-8-24-57-46(59)21-22-47(57)60)53(34)32-42(53)49-52(3,4)41-31-37(77(70,71)72)16-19-44(41)56(49)26-28-75(64,65)66/h9-10,13-16,18-19,21-22,29-31,34H,5-8,11-12,17,20,23-28,32H2,1-4H3,(H4-,54,58,61,62,63,64,65,66,67,68,69,70,71,72)/p+1. The van der Waals surface area contributed by atoms with Gasteiger partial charge in [0, 0.05) is 77.8 Å². The highest BCUT2D eigenvalue weighted by molar-refractivity contribution is 7.86. The van der Waals surface area contributed by atoms with Crippen molar-refractivity contribution in [2.75, 3.05) is 42.6 Å². The molecule has 1 spiro atoms. The third-order valence-electron chi connectivity index (χ3n) is 15.8. The smallest absolute Gasteiger partial charge is 0.294 e. The molecule has 2 unspecified atom stereocenters. The van der Waals surface area contributed by atoms with Gasteiger partial charge in [0.2, 0.25) is 11.6 Å². The lowest BCUT2D eigenvalue weighted by Crippen LogP contribution is -2.40. The molecule has 3 aromatic carbocycles. The minimum absolute atomic E-state index is 0.128. The van der Waals surface area contributed by atoms with E-state index in [2.05, 4.69) is 11.4 Å². The molecule has 2 atom stereocenters. The molecule has 3 heterocycles. The molecule has 3 aliphatic heterocycles. The van der Waals surface area contributed by atoms with Gasteiger partial charge in [0.25, 0.3) is 52.3 Å². The number of unbranched alkanes of at least 4 members (excludes halogenated alkanes) is 3. The van der Waals surface area contributed by atoms with E-state index in [1.165, 1.54) is 53.5 Å². The molecular weight excluding hydrogens is 1080 g/mol. The molecule has 4 aliphatic carbocycles. The summed E-state index contributed by atoms with van der Waals surface area (Å²) in [5.74, 6) is -1.43. The number of carbonyl (C=O) groups is 3. The van der Waals surface area contributed by atoms with Crippen LogP contribution in [-0.2, 0) is 72.1 Å². The molecule has 0 radical (unpaired) electrons. The summed E-state index contributed by atoms with van der Waals surface area (Å²) < 4.78 is 148. The van der Waals surface area contributed by atoms with Crippen LogP contribution in [0.15, 0.2) is 117 Å². The van der Waals surface area contributed by atoms with Gasteiger partial charge in [-0.25, -0.2) is 0 Å². The van der Waals surface area contributed by atoms with E-state index < -0.39 is 68.2 Å². The average molecular weight is 1140 g/mol. The van der Waals surface area contributed by atoms with Crippen LogP contribution in [0, 0.1) is 11.3 Å². The van der Waals surface area contributed by atoms with E-state index in [1.54, 1.807) is 21.6 Å². The van der Waals surface area contributed by atoms with Crippen molar-refractivity contribution in [3.63, 3.8) is 0 Å². The molecule has 0 aromatic heterocycles. The lowest BCUT2D eigenvalue weighted by molar-refractivity contribution is -0.432. The van der Waals surface area contributed by atoms with Gasteiger partial charge >= 0.3 is 0 Å². The zero-order valence-electron chi connectivity index (χ0n) is 42.9. The van der Waals surface area contributed by atoms with Gasteiger partial charge < -0.3 is 15.0 Å². The van der Waals surface area contributed by atoms with E-state index in [0.29, 0.717) is 96.2 Å². The Labute approximate surface area is 448 Å². The van der Waals surface area contributed by atoms with Crippen molar-refractivity contribution >= 4 is 75.3 Å². The van der Waals surface area contributed by atoms with Gasteiger partial charge in [-0.3, -0.25) is 37.5 Å². The number of nitrogens with zero attached hydrogens (tertiary/aromatic N) is 3. The summed E-state index contributed by atoms with van der Waals surface area (Å²) in [5.41, 5.74) is 3.38. The molecule has 5 N–H and O–H groups in total. The van der Waals surface area contributed by atoms with Gasteiger partial charge in [0.15, 0.2) is 12.3 Å². The van der Waals surface area contributed by atoms with E-state index in [-0.39, 0.29) is 52.9 Å². The minimum Gasteiger partial charge on any atom is -0.460 e. The molecule has 24 heteroatoms. The average Bonchev–Trinajstić information content (AvgIpc) is 4.06. The van der Waals surface area contributed by atoms with Crippen LogP contribution in [0.2, 0.25) is 0 Å². The molecule has 20 nitrogen and oxygen atoms in total. The molecule has 77 heavy (non-hydrogen) atoms. The van der Waals surface area contributed by atoms with E-state index in [1.807, 2.05) is 39.8 Å². The second kappa shape index (κ2) is 20.1. The highest BCUT2D eigenvalue weighted by atomic mass is 32.2. The van der Waals surface area contributed by atoms with E-state index in [4.69, 9.17) is 4.74 Å². The number of nitrogens with one attached hydrogen (secondary N) is 1. The second-order valence-corrected chi connectivity index (χ2v) is 27.4. The van der Waals surface area contributed by atoms with Crippen molar-refractivity contribution in [1.29, 1.82) is 0 Å². The predicted molar refractivity (Wildman–Crippen MR) is 283 cm³/mol. The van der Waals surface area contributed by atoms with Crippen LogP contribution in [-0.4, -0.2) is 122 Å². The van der Waals surface area contributed by atoms with E-state index in [0.717, 1.165) is 36.0 Å². The number of imide groups is 1. The zero-order chi connectivity index (χ0) is 55.8. The molecule has 0 saturated heterocycles. The van der Waals surface area contributed by atoms with E-state index >= 15 is 0 Å². The van der Waals surface area contributed by atoms with Gasteiger partial charge in [0.1, 0.15) is 17.3 Å². The Balaban J connectivity index is 1.05. The number of carbonyl (C=O) groups excluding carboxylic acids is 3.